The maximum absolute atomic E-state index is 10.4. The van der Waals surface area contributed by atoms with E-state index in [-0.39, 0.29) is 60.7 Å². The van der Waals surface area contributed by atoms with Crippen molar-refractivity contribution in [3.05, 3.63) is 29.6 Å². The number of halogens is 4. The fourth-order valence-electron chi connectivity index (χ4n) is 0.748. The van der Waals surface area contributed by atoms with Crippen molar-refractivity contribution in [1.29, 1.82) is 0 Å². The topological polar surface area (TPSA) is 119 Å². The third kappa shape index (κ3) is 8.00. The van der Waals surface area contributed by atoms with Crippen molar-refractivity contribution < 1.29 is 25.3 Å². The van der Waals surface area contributed by atoms with Gasteiger partial charge in [0, 0.05) is 6.20 Å². The van der Waals surface area contributed by atoms with Gasteiger partial charge in [-0.2, -0.15) is 0 Å². The molecule has 0 fully saturated rings. The molecule has 0 radical (unpaired) electrons. The summed E-state index contributed by atoms with van der Waals surface area (Å²) < 4.78 is 0. The summed E-state index contributed by atoms with van der Waals surface area (Å²) in [6.07, 6.45) is 1.23. The van der Waals surface area contributed by atoms with Crippen molar-refractivity contribution in [1.82, 2.24) is 4.98 Å². The predicted octanol–water partition coefficient (Wildman–Crippen LogP) is 1.34. The second kappa shape index (κ2) is 13.3. The largest absolute Gasteiger partial charge is 0.478 e. The van der Waals surface area contributed by atoms with Crippen molar-refractivity contribution >= 4 is 61.6 Å². The minimum Gasteiger partial charge on any atom is -0.478 e. The van der Waals surface area contributed by atoms with E-state index in [0.717, 1.165) is 0 Å². The van der Waals surface area contributed by atoms with Crippen LogP contribution in [-0.2, 0) is 0 Å². The highest BCUT2D eigenvalue weighted by Crippen LogP contribution is 2.04. The van der Waals surface area contributed by atoms with Crippen LogP contribution in [0.15, 0.2) is 18.3 Å². The summed E-state index contributed by atoms with van der Waals surface area (Å²) in [6, 6.07) is 2.56. The predicted molar refractivity (Wildman–Crippen MR) is 70.8 cm³/mol. The molecular formula is C7H11Cl4NO5. The first-order valence-electron chi connectivity index (χ1n) is 3.04. The van der Waals surface area contributed by atoms with Crippen LogP contribution in [0.1, 0.15) is 20.8 Å². The number of pyridine rings is 1. The molecule has 0 atom stereocenters. The van der Waals surface area contributed by atoms with E-state index in [1.165, 1.54) is 18.3 Å². The van der Waals surface area contributed by atoms with E-state index < -0.39 is 17.6 Å². The first-order valence-corrected chi connectivity index (χ1v) is 3.04. The Morgan fingerprint density at radius 1 is 1.00 bits per heavy atom. The molecule has 0 amide bonds. The second-order valence-corrected chi connectivity index (χ2v) is 2.01. The highest BCUT2D eigenvalue weighted by atomic mass is 35.5. The molecule has 0 aliphatic heterocycles. The van der Waals surface area contributed by atoms with Gasteiger partial charge in [-0.25, -0.2) is 14.6 Å². The minimum atomic E-state index is -1.34. The van der Waals surface area contributed by atoms with Crippen LogP contribution in [0, 0.1) is 0 Å². The Morgan fingerprint density at radius 3 is 1.76 bits per heavy atom. The molecule has 0 unspecified atom stereocenters. The van der Waals surface area contributed by atoms with E-state index in [4.69, 9.17) is 10.2 Å². The standard InChI is InChI=1S/C7H5NO4.4ClH.H2O/c9-6(10)4-2-1-3-8-5(4)7(11)12;;;;;/h1-3H,(H,9,10)(H,11,12);4*1H;1H2. The van der Waals surface area contributed by atoms with E-state index in [9.17, 15) is 9.59 Å². The third-order valence-electron chi connectivity index (χ3n) is 1.24. The Kier molecular flexibility index (Phi) is 23.3. The molecule has 0 bridgehead atoms. The van der Waals surface area contributed by atoms with Crippen LogP contribution in [0.5, 0.6) is 0 Å². The van der Waals surface area contributed by atoms with Crippen molar-refractivity contribution in [3.8, 4) is 0 Å². The number of hydrogen-bond acceptors (Lipinski definition) is 3. The Balaban J connectivity index is -0.0000000960. The molecule has 0 aromatic carbocycles. The number of hydrogen-bond donors (Lipinski definition) is 2. The molecule has 0 spiro atoms. The molecule has 102 valence electrons. The minimum absolute atomic E-state index is 0. The van der Waals surface area contributed by atoms with Crippen molar-refractivity contribution in [2.75, 3.05) is 0 Å². The molecule has 6 nitrogen and oxygen atoms in total. The smallest absolute Gasteiger partial charge is 0.355 e. The van der Waals surface area contributed by atoms with Crippen LogP contribution in [0.2, 0.25) is 0 Å². The number of nitrogens with zero attached hydrogens (tertiary/aromatic N) is 1. The number of carbonyl (C=O) groups is 2. The van der Waals surface area contributed by atoms with E-state index in [1.807, 2.05) is 0 Å². The number of carboxylic acid groups (broad SMARTS) is 2. The van der Waals surface area contributed by atoms with E-state index in [1.54, 1.807) is 0 Å². The molecular weight excluding hydrogens is 320 g/mol. The number of aromatic carboxylic acids is 2. The molecule has 1 rings (SSSR count). The number of aromatic nitrogens is 1. The third-order valence-corrected chi connectivity index (χ3v) is 1.24. The van der Waals surface area contributed by atoms with Gasteiger partial charge in [0.1, 0.15) is 0 Å². The summed E-state index contributed by atoms with van der Waals surface area (Å²) in [5, 5.41) is 17.0. The quantitative estimate of drug-likeness (QED) is 0.847. The van der Waals surface area contributed by atoms with Crippen LogP contribution in [0.3, 0.4) is 0 Å². The average molecular weight is 331 g/mol. The Labute approximate surface area is 121 Å². The fraction of sp³-hybridized carbons (Fsp3) is 0. The molecule has 1 aromatic rings. The molecule has 1 heterocycles. The maximum Gasteiger partial charge on any atom is 0.355 e. The summed E-state index contributed by atoms with van der Waals surface area (Å²) in [5.41, 5.74) is -0.741. The van der Waals surface area contributed by atoms with E-state index in [2.05, 4.69) is 4.98 Å². The molecule has 0 aliphatic rings. The van der Waals surface area contributed by atoms with E-state index >= 15 is 0 Å². The lowest BCUT2D eigenvalue weighted by atomic mass is 10.2. The van der Waals surface area contributed by atoms with Gasteiger partial charge in [-0.05, 0) is 12.1 Å². The monoisotopic (exact) mass is 329 g/mol. The molecule has 0 saturated carbocycles. The van der Waals surface area contributed by atoms with Gasteiger partial charge in [-0.3, -0.25) is 0 Å². The van der Waals surface area contributed by atoms with Gasteiger partial charge in [-0.1, -0.05) is 0 Å². The van der Waals surface area contributed by atoms with E-state index in [0.29, 0.717) is 0 Å². The van der Waals surface area contributed by atoms with Gasteiger partial charge in [-0.15, -0.1) is 49.6 Å². The first-order chi connectivity index (χ1) is 5.63. The molecule has 1 aromatic heterocycles. The summed E-state index contributed by atoms with van der Waals surface area (Å²) in [4.78, 5) is 24.2. The van der Waals surface area contributed by atoms with Crippen molar-refractivity contribution in [2.24, 2.45) is 0 Å². The summed E-state index contributed by atoms with van der Waals surface area (Å²) >= 11 is 0. The highest BCUT2D eigenvalue weighted by Gasteiger charge is 2.15. The van der Waals surface area contributed by atoms with Gasteiger partial charge in [0.2, 0.25) is 0 Å². The summed E-state index contributed by atoms with van der Waals surface area (Å²) in [5.74, 6) is -2.63. The normalized spacial score (nSPS) is 6.59. The van der Waals surface area contributed by atoms with Gasteiger partial charge >= 0.3 is 11.9 Å². The summed E-state index contributed by atoms with van der Waals surface area (Å²) in [6.45, 7) is 0. The zero-order valence-corrected chi connectivity index (χ0v) is 11.3. The molecule has 0 saturated heterocycles. The zero-order chi connectivity index (χ0) is 9.14. The Bertz CT molecular complexity index is 316. The maximum atomic E-state index is 10.4. The molecule has 17 heavy (non-hydrogen) atoms. The number of carboxylic acids is 2. The summed E-state index contributed by atoms with van der Waals surface area (Å²) in [7, 11) is 0. The van der Waals surface area contributed by atoms with Crippen LogP contribution in [0.25, 0.3) is 0 Å². The van der Waals surface area contributed by atoms with Gasteiger partial charge < -0.3 is 15.7 Å². The van der Waals surface area contributed by atoms with Gasteiger partial charge in [0.05, 0.1) is 5.56 Å². The average Bonchev–Trinajstić information content (AvgIpc) is 2.04. The van der Waals surface area contributed by atoms with Crippen LogP contribution < -0.4 is 0 Å². The fourth-order valence-corrected chi connectivity index (χ4v) is 0.748. The number of rotatable bonds is 2. The Morgan fingerprint density at radius 2 is 1.47 bits per heavy atom. The molecule has 4 N–H and O–H groups in total. The lowest BCUT2D eigenvalue weighted by Gasteiger charge is -1.97. The van der Waals surface area contributed by atoms with Gasteiger partial charge in [0.25, 0.3) is 0 Å². The van der Waals surface area contributed by atoms with Crippen LogP contribution in [0.4, 0.5) is 0 Å². The SMILES string of the molecule is Cl.Cl.Cl.Cl.O.O=C(O)c1cccnc1C(=O)O. The highest BCUT2D eigenvalue weighted by molar-refractivity contribution is 6.00. The lowest BCUT2D eigenvalue weighted by Crippen LogP contribution is -2.09. The Hall–Kier alpha value is -0.790. The lowest BCUT2D eigenvalue weighted by molar-refractivity contribution is 0.0646. The van der Waals surface area contributed by atoms with Crippen LogP contribution >= 0.6 is 49.6 Å². The van der Waals surface area contributed by atoms with Gasteiger partial charge in [0.15, 0.2) is 5.69 Å². The first kappa shape index (κ1) is 29.8. The van der Waals surface area contributed by atoms with Crippen molar-refractivity contribution in [3.63, 3.8) is 0 Å². The zero-order valence-electron chi connectivity index (χ0n) is 8.02. The van der Waals surface area contributed by atoms with Crippen LogP contribution in [-0.4, -0.2) is 32.6 Å². The molecule has 10 heteroatoms. The van der Waals surface area contributed by atoms with Crippen molar-refractivity contribution in [2.45, 2.75) is 0 Å². The second-order valence-electron chi connectivity index (χ2n) is 2.01. The molecule has 0 aliphatic carbocycles.